The van der Waals surface area contributed by atoms with E-state index in [0.717, 1.165) is 11.3 Å². The molecule has 1 N–H and O–H groups in total. The number of thiazole rings is 1. The molecule has 3 heterocycles. The van der Waals surface area contributed by atoms with E-state index in [2.05, 4.69) is 4.98 Å². The number of aliphatic hydroxyl groups is 1. The van der Waals surface area contributed by atoms with E-state index in [1.165, 1.54) is 33.2 Å². The number of carbonyl (C=O) groups is 3. The zero-order valence-electron chi connectivity index (χ0n) is 21.7. The molecule has 0 aliphatic carbocycles. The number of ether oxygens (including phenoxy) is 3. The van der Waals surface area contributed by atoms with Gasteiger partial charge >= 0.3 is 0 Å². The van der Waals surface area contributed by atoms with Gasteiger partial charge in [-0.2, -0.15) is 0 Å². The molecule has 5 rings (SSSR count). The van der Waals surface area contributed by atoms with Gasteiger partial charge in [-0.25, -0.2) is 4.98 Å². The zero-order valence-corrected chi connectivity index (χ0v) is 22.5. The summed E-state index contributed by atoms with van der Waals surface area (Å²) < 4.78 is 22.2. The molecule has 0 unspecified atom stereocenters. The predicted octanol–water partition coefficient (Wildman–Crippen LogP) is 5.21. The van der Waals surface area contributed by atoms with Crippen LogP contribution in [0.25, 0.3) is 11.0 Å². The van der Waals surface area contributed by atoms with Crippen LogP contribution in [0.4, 0.5) is 5.13 Å². The van der Waals surface area contributed by atoms with Gasteiger partial charge in [-0.1, -0.05) is 29.5 Å². The molecule has 4 aromatic rings. The van der Waals surface area contributed by atoms with Crippen LogP contribution in [0.5, 0.6) is 17.2 Å². The van der Waals surface area contributed by atoms with Crippen molar-refractivity contribution in [3.05, 3.63) is 75.7 Å². The van der Waals surface area contributed by atoms with Gasteiger partial charge in [-0.05, 0) is 36.8 Å². The smallest absolute Gasteiger partial charge is 0.296 e. The summed E-state index contributed by atoms with van der Waals surface area (Å²) in [6.07, 6.45) is 0. The summed E-state index contributed by atoms with van der Waals surface area (Å²) in [5, 5.41) is 11.9. The van der Waals surface area contributed by atoms with Gasteiger partial charge in [0.2, 0.25) is 11.5 Å². The molecule has 1 aliphatic heterocycles. The van der Waals surface area contributed by atoms with Crippen LogP contribution < -0.4 is 19.1 Å². The van der Waals surface area contributed by atoms with Crippen LogP contribution in [-0.2, 0) is 4.79 Å². The highest BCUT2D eigenvalue weighted by Gasteiger charge is 2.47. The quantitative estimate of drug-likeness (QED) is 0.295. The second kappa shape index (κ2) is 9.91. The van der Waals surface area contributed by atoms with Crippen LogP contribution in [0.15, 0.2) is 58.2 Å². The van der Waals surface area contributed by atoms with E-state index in [-0.39, 0.29) is 33.7 Å². The number of aliphatic hydroxyl groups excluding tert-OH is 1. The standard InChI is InChI=1S/C28H24N2O8S/c1-13-26(14(2)31)39-28(29-13)30-22(16-11-19(35-3)25(37-5)20(12-16)36-4)21(24(33)27(30)34)23(32)18-10-15-8-6-7-9-17(15)38-18/h6-12,22,33H,1-5H3/t22-/m1/s1. The molecule has 2 aromatic carbocycles. The third-order valence-electron chi connectivity index (χ3n) is 6.42. The van der Waals surface area contributed by atoms with E-state index in [1.807, 2.05) is 0 Å². The lowest BCUT2D eigenvalue weighted by Crippen LogP contribution is -2.31. The minimum Gasteiger partial charge on any atom is -0.503 e. The number of fused-ring (bicyclic) bond motifs is 1. The molecule has 0 bridgehead atoms. The van der Waals surface area contributed by atoms with E-state index in [0.29, 0.717) is 32.9 Å². The Hall–Kier alpha value is -4.64. The Morgan fingerprint density at radius 1 is 1.05 bits per heavy atom. The van der Waals surface area contributed by atoms with Gasteiger partial charge in [0.25, 0.3) is 5.91 Å². The van der Waals surface area contributed by atoms with Gasteiger partial charge in [0.05, 0.1) is 43.5 Å². The first-order chi connectivity index (χ1) is 18.7. The first-order valence-electron chi connectivity index (χ1n) is 11.8. The second-order valence-electron chi connectivity index (χ2n) is 8.74. The van der Waals surface area contributed by atoms with Crippen molar-refractivity contribution in [1.82, 2.24) is 4.98 Å². The Morgan fingerprint density at radius 3 is 2.28 bits per heavy atom. The van der Waals surface area contributed by atoms with Crippen molar-refractivity contribution >= 4 is 44.9 Å². The molecule has 0 saturated carbocycles. The summed E-state index contributed by atoms with van der Waals surface area (Å²) in [4.78, 5) is 45.6. The summed E-state index contributed by atoms with van der Waals surface area (Å²) in [7, 11) is 4.33. The minimum atomic E-state index is -1.16. The number of aromatic nitrogens is 1. The lowest BCUT2D eigenvalue weighted by molar-refractivity contribution is -0.117. The van der Waals surface area contributed by atoms with Crippen LogP contribution in [0.2, 0.25) is 0 Å². The van der Waals surface area contributed by atoms with Gasteiger partial charge in [0, 0.05) is 12.3 Å². The number of Topliss-reactive ketones (excluding diaryl/α,β-unsaturated/α-hetero) is 2. The summed E-state index contributed by atoms with van der Waals surface area (Å²) in [5.41, 5.74) is 1.06. The fourth-order valence-corrected chi connectivity index (χ4v) is 5.64. The Balaban J connectivity index is 1.73. The van der Waals surface area contributed by atoms with Gasteiger partial charge in [-0.3, -0.25) is 19.3 Å². The highest BCUT2D eigenvalue weighted by atomic mass is 32.1. The maximum atomic E-state index is 13.9. The highest BCUT2D eigenvalue weighted by molar-refractivity contribution is 7.17. The monoisotopic (exact) mass is 548 g/mol. The summed E-state index contributed by atoms with van der Waals surface area (Å²) in [5.74, 6) is -1.69. The number of nitrogens with zero attached hydrogens (tertiary/aromatic N) is 2. The van der Waals surface area contributed by atoms with Crippen molar-refractivity contribution in [2.75, 3.05) is 26.2 Å². The van der Waals surface area contributed by atoms with Crippen LogP contribution in [0.3, 0.4) is 0 Å². The van der Waals surface area contributed by atoms with Crippen LogP contribution >= 0.6 is 11.3 Å². The van der Waals surface area contributed by atoms with E-state index < -0.39 is 23.5 Å². The lowest BCUT2D eigenvalue weighted by atomic mass is 9.94. The van der Waals surface area contributed by atoms with Crippen molar-refractivity contribution in [3.8, 4) is 17.2 Å². The highest BCUT2D eigenvalue weighted by Crippen LogP contribution is 2.48. The molecule has 200 valence electrons. The second-order valence-corrected chi connectivity index (χ2v) is 9.72. The first-order valence-corrected chi connectivity index (χ1v) is 12.6. The average molecular weight is 549 g/mol. The van der Waals surface area contributed by atoms with Crippen LogP contribution in [-0.4, -0.2) is 48.9 Å². The van der Waals surface area contributed by atoms with Gasteiger partial charge in [-0.15, -0.1) is 0 Å². The van der Waals surface area contributed by atoms with Gasteiger partial charge < -0.3 is 23.7 Å². The molecule has 11 heteroatoms. The molecule has 0 saturated heterocycles. The van der Waals surface area contributed by atoms with Gasteiger partial charge in [0.15, 0.2) is 33.9 Å². The van der Waals surface area contributed by atoms with Gasteiger partial charge in [0.1, 0.15) is 5.58 Å². The molecule has 0 spiro atoms. The van der Waals surface area contributed by atoms with Crippen molar-refractivity contribution in [2.24, 2.45) is 0 Å². The van der Waals surface area contributed by atoms with E-state index >= 15 is 0 Å². The molecule has 0 radical (unpaired) electrons. The predicted molar refractivity (Wildman–Crippen MR) is 143 cm³/mol. The molecular weight excluding hydrogens is 524 g/mol. The first kappa shape index (κ1) is 26.0. The van der Waals surface area contributed by atoms with E-state index in [9.17, 15) is 19.5 Å². The number of amides is 1. The maximum Gasteiger partial charge on any atom is 0.296 e. The topological polar surface area (TPSA) is 128 Å². The van der Waals surface area contributed by atoms with Crippen LogP contribution in [0.1, 0.15) is 44.4 Å². The number of rotatable bonds is 8. The van der Waals surface area contributed by atoms with E-state index in [1.54, 1.807) is 49.4 Å². The number of aryl methyl sites for hydroxylation is 1. The summed E-state index contributed by atoms with van der Waals surface area (Å²) in [6, 6.07) is 10.6. The number of para-hydroxylation sites is 1. The molecule has 1 aliphatic rings. The molecule has 2 aromatic heterocycles. The lowest BCUT2D eigenvalue weighted by Gasteiger charge is -2.25. The van der Waals surface area contributed by atoms with Crippen molar-refractivity contribution in [1.29, 1.82) is 0 Å². The number of furan rings is 1. The molecule has 1 atom stereocenters. The number of carbonyl (C=O) groups excluding carboxylic acids is 3. The number of hydrogen-bond donors (Lipinski definition) is 1. The third-order valence-corrected chi connectivity index (χ3v) is 7.67. The average Bonchev–Trinajstić information content (AvgIpc) is 3.61. The number of anilines is 1. The van der Waals surface area contributed by atoms with Crippen LogP contribution in [0, 0.1) is 6.92 Å². The Morgan fingerprint density at radius 2 is 1.72 bits per heavy atom. The molecule has 1 amide bonds. The zero-order chi connectivity index (χ0) is 28.0. The number of benzene rings is 2. The third kappa shape index (κ3) is 4.20. The fourth-order valence-electron chi connectivity index (χ4n) is 4.65. The maximum absolute atomic E-state index is 13.9. The van der Waals surface area contributed by atoms with Crippen molar-refractivity contribution in [2.45, 2.75) is 19.9 Å². The summed E-state index contributed by atoms with van der Waals surface area (Å²) in [6.45, 7) is 3.05. The molecular formula is C28H24N2O8S. The largest absolute Gasteiger partial charge is 0.503 e. The number of hydrogen-bond acceptors (Lipinski definition) is 10. The SMILES string of the molecule is COc1cc([C@@H]2C(C(=O)c3cc4ccccc4o3)=C(O)C(=O)N2c2nc(C)c(C(C)=O)s2)cc(OC)c1OC. The molecule has 10 nitrogen and oxygen atoms in total. The number of ketones is 2. The normalized spacial score (nSPS) is 15.3. The Kier molecular flexibility index (Phi) is 6.61. The Labute approximate surface area is 227 Å². The fraction of sp³-hybridized carbons (Fsp3) is 0.214. The molecule has 39 heavy (non-hydrogen) atoms. The number of methoxy groups -OCH3 is 3. The van der Waals surface area contributed by atoms with Crippen molar-refractivity contribution < 1.29 is 38.1 Å². The molecule has 0 fully saturated rings. The van der Waals surface area contributed by atoms with E-state index in [4.69, 9.17) is 18.6 Å². The summed E-state index contributed by atoms with van der Waals surface area (Å²) >= 11 is 0.995. The van der Waals surface area contributed by atoms with Crippen molar-refractivity contribution in [3.63, 3.8) is 0 Å². The minimum absolute atomic E-state index is 0.0513. The Bertz CT molecular complexity index is 1620.